The summed E-state index contributed by atoms with van der Waals surface area (Å²) in [4.78, 5) is 29.5. The molecule has 3 aromatic rings. The Labute approximate surface area is 202 Å². The molecule has 0 radical (unpaired) electrons. The molecule has 6 nitrogen and oxygen atoms in total. The van der Waals surface area contributed by atoms with Crippen molar-refractivity contribution in [3.63, 3.8) is 0 Å². The Morgan fingerprint density at radius 3 is 2.46 bits per heavy atom. The van der Waals surface area contributed by atoms with Crippen molar-refractivity contribution < 1.29 is 23.1 Å². The number of urea groups is 1. The van der Waals surface area contributed by atoms with Gasteiger partial charge in [-0.2, -0.15) is 0 Å². The third kappa shape index (κ3) is 4.32. The molecular formula is C27H25F2N3O3. The maximum absolute atomic E-state index is 14.5. The number of amides is 3. The number of likely N-dealkylation sites (tertiary alicyclic amines) is 1. The first-order chi connectivity index (χ1) is 16.9. The quantitative estimate of drug-likeness (QED) is 0.555. The molecule has 1 spiro atoms. The van der Waals surface area contributed by atoms with E-state index in [4.69, 9.17) is 4.74 Å². The summed E-state index contributed by atoms with van der Waals surface area (Å²) in [6.07, 6.45) is 0.689. The third-order valence-corrected chi connectivity index (χ3v) is 6.70. The molecule has 3 amide bonds. The molecule has 8 heteroatoms. The van der Waals surface area contributed by atoms with Gasteiger partial charge in [0.15, 0.2) is 5.72 Å². The zero-order valence-corrected chi connectivity index (χ0v) is 19.3. The topological polar surface area (TPSA) is 61.9 Å². The minimum atomic E-state index is -1.01. The number of halogens is 2. The summed E-state index contributed by atoms with van der Waals surface area (Å²) < 4.78 is 34.8. The lowest BCUT2D eigenvalue weighted by molar-refractivity contribution is -0.109. The molecule has 0 unspecified atom stereocenters. The SMILES string of the molecule is Cc1ccc(NC(=O)N2CCC3(CC2)Oc2ccccc2C(=O)N3Cc2ccccc2F)cc1F. The number of benzene rings is 3. The molecule has 1 fully saturated rings. The zero-order valence-electron chi connectivity index (χ0n) is 19.3. The Morgan fingerprint density at radius 1 is 1.00 bits per heavy atom. The maximum atomic E-state index is 14.5. The predicted molar refractivity (Wildman–Crippen MR) is 127 cm³/mol. The molecule has 1 saturated heterocycles. The highest BCUT2D eigenvalue weighted by molar-refractivity contribution is 5.98. The lowest BCUT2D eigenvalue weighted by Gasteiger charge is -2.50. The number of carbonyl (C=O) groups is 2. The predicted octanol–water partition coefficient (Wildman–Crippen LogP) is 5.33. The summed E-state index contributed by atoms with van der Waals surface area (Å²) in [5, 5.41) is 2.73. The summed E-state index contributed by atoms with van der Waals surface area (Å²) >= 11 is 0. The highest BCUT2D eigenvalue weighted by Crippen LogP contribution is 2.40. The maximum Gasteiger partial charge on any atom is 0.321 e. The monoisotopic (exact) mass is 477 g/mol. The number of hydrogen-bond donors (Lipinski definition) is 1. The number of nitrogens with zero attached hydrogens (tertiary/aromatic N) is 2. The van der Waals surface area contributed by atoms with Crippen LogP contribution in [-0.2, 0) is 6.54 Å². The number of anilines is 1. The summed E-state index contributed by atoms with van der Waals surface area (Å²) in [5.74, 6) is -0.535. The number of piperidine rings is 1. The van der Waals surface area contributed by atoms with Crippen LogP contribution >= 0.6 is 0 Å². The standard InChI is InChI=1S/C27H25F2N3O3/c1-18-10-11-20(16-23(18)29)30-26(34)31-14-12-27(13-15-31)32(17-19-6-2-4-8-22(19)28)25(33)21-7-3-5-9-24(21)35-27/h2-11,16H,12-15,17H2,1H3,(H,30,34). The van der Waals surface area contributed by atoms with Crippen molar-refractivity contribution in [3.8, 4) is 5.75 Å². The van der Waals surface area contributed by atoms with Gasteiger partial charge in [0.1, 0.15) is 17.4 Å². The zero-order chi connectivity index (χ0) is 24.6. The second kappa shape index (κ2) is 9.02. The number of hydrogen-bond acceptors (Lipinski definition) is 3. The second-order valence-corrected chi connectivity index (χ2v) is 8.91. The highest BCUT2D eigenvalue weighted by Gasteiger charge is 2.49. The van der Waals surface area contributed by atoms with Crippen LogP contribution in [0.15, 0.2) is 66.7 Å². The van der Waals surface area contributed by atoms with Crippen molar-refractivity contribution in [3.05, 3.63) is 95.1 Å². The van der Waals surface area contributed by atoms with E-state index in [0.29, 0.717) is 54.1 Å². The van der Waals surface area contributed by atoms with Gasteiger partial charge in [0.25, 0.3) is 5.91 Å². The minimum Gasteiger partial charge on any atom is -0.467 e. The smallest absolute Gasteiger partial charge is 0.321 e. The van der Waals surface area contributed by atoms with E-state index < -0.39 is 17.4 Å². The Balaban J connectivity index is 1.37. The molecule has 0 bridgehead atoms. The molecule has 35 heavy (non-hydrogen) atoms. The van der Waals surface area contributed by atoms with Gasteiger partial charge in [-0.15, -0.1) is 0 Å². The number of fused-ring (bicyclic) bond motifs is 1. The minimum absolute atomic E-state index is 0.0503. The number of nitrogens with one attached hydrogen (secondary N) is 1. The van der Waals surface area contributed by atoms with Gasteiger partial charge in [0.2, 0.25) is 0 Å². The van der Waals surface area contributed by atoms with Crippen molar-refractivity contribution in [1.82, 2.24) is 9.80 Å². The lowest BCUT2D eigenvalue weighted by Crippen LogP contribution is -2.63. The lowest BCUT2D eigenvalue weighted by atomic mass is 9.93. The highest BCUT2D eigenvalue weighted by atomic mass is 19.1. The Bertz CT molecular complexity index is 1290. The van der Waals surface area contributed by atoms with E-state index in [-0.39, 0.29) is 18.5 Å². The van der Waals surface area contributed by atoms with E-state index in [0.717, 1.165) is 0 Å². The molecule has 5 rings (SSSR count). The van der Waals surface area contributed by atoms with Crippen molar-refractivity contribution >= 4 is 17.6 Å². The van der Waals surface area contributed by atoms with E-state index >= 15 is 0 Å². The third-order valence-electron chi connectivity index (χ3n) is 6.70. The van der Waals surface area contributed by atoms with Crippen LogP contribution in [0.3, 0.4) is 0 Å². The molecule has 0 aliphatic carbocycles. The normalized spacial score (nSPS) is 16.6. The van der Waals surface area contributed by atoms with Crippen LogP contribution in [0.4, 0.5) is 19.3 Å². The summed E-state index contributed by atoms with van der Waals surface area (Å²) in [6, 6.07) is 17.6. The van der Waals surface area contributed by atoms with Crippen molar-refractivity contribution in [1.29, 1.82) is 0 Å². The van der Waals surface area contributed by atoms with Crippen LogP contribution in [0.2, 0.25) is 0 Å². The van der Waals surface area contributed by atoms with Crippen LogP contribution in [0, 0.1) is 18.6 Å². The number of para-hydroxylation sites is 1. The second-order valence-electron chi connectivity index (χ2n) is 8.91. The number of aryl methyl sites for hydroxylation is 1. The average Bonchev–Trinajstić information content (AvgIpc) is 2.85. The first-order valence-corrected chi connectivity index (χ1v) is 11.5. The van der Waals surface area contributed by atoms with E-state index in [1.54, 1.807) is 71.3 Å². The molecule has 2 aliphatic heterocycles. The molecule has 2 heterocycles. The van der Waals surface area contributed by atoms with E-state index in [1.165, 1.54) is 12.1 Å². The van der Waals surface area contributed by atoms with Crippen molar-refractivity contribution in [2.24, 2.45) is 0 Å². The molecule has 1 N–H and O–H groups in total. The summed E-state index contributed by atoms with van der Waals surface area (Å²) in [7, 11) is 0. The number of rotatable bonds is 3. The Kier molecular flexibility index (Phi) is 5.88. The summed E-state index contributed by atoms with van der Waals surface area (Å²) in [5.41, 5.74) is 0.677. The number of carbonyl (C=O) groups excluding carboxylic acids is 2. The molecule has 0 atom stereocenters. The van der Waals surface area contributed by atoms with Gasteiger partial charge >= 0.3 is 6.03 Å². The summed E-state index contributed by atoms with van der Waals surface area (Å²) in [6.45, 7) is 2.32. The van der Waals surface area contributed by atoms with Gasteiger partial charge in [0, 0.05) is 37.2 Å². The van der Waals surface area contributed by atoms with Gasteiger partial charge in [-0.3, -0.25) is 9.69 Å². The van der Waals surface area contributed by atoms with Gasteiger partial charge < -0.3 is 15.0 Å². The first-order valence-electron chi connectivity index (χ1n) is 11.5. The number of ether oxygens (including phenoxy) is 1. The molecule has 3 aromatic carbocycles. The van der Waals surface area contributed by atoms with Crippen molar-refractivity contribution in [2.75, 3.05) is 18.4 Å². The van der Waals surface area contributed by atoms with E-state index in [2.05, 4.69) is 5.32 Å². The van der Waals surface area contributed by atoms with Crippen LogP contribution in [-0.4, -0.2) is 40.6 Å². The van der Waals surface area contributed by atoms with Crippen LogP contribution < -0.4 is 10.1 Å². The fourth-order valence-corrected chi connectivity index (χ4v) is 4.64. The Hall–Kier alpha value is -3.94. The van der Waals surface area contributed by atoms with Gasteiger partial charge in [-0.25, -0.2) is 13.6 Å². The largest absolute Gasteiger partial charge is 0.467 e. The fourth-order valence-electron chi connectivity index (χ4n) is 4.64. The van der Waals surface area contributed by atoms with Gasteiger partial charge in [-0.1, -0.05) is 36.4 Å². The Morgan fingerprint density at radius 2 is 1.71 bits per heavy atom. The average molecular weight is 478 g/mol. The van der Waals surface area contributed by atoms with Crippen LogP contribution in [0.5, 0.6) is 5.75 Å². The van der Waals surface area contributed by atoms with Gasteiger partial charge in [0.05, 0.1) is 12.1 Å². The molecule has 2 aliphatic rings. The van der Waals surface area contributed by atoms with E-state index in [1.807, 2.05) is 0 Å². The molecular weight excluding hydrogens is 452 g/mol. The van der Waals surface area contributed by atoms with Gasteiger partial charge in [-0.05, 0) is 42.8 Å². The first kappa shape index (κ1) is 22.8. The van der Waals surface area contributed by atoms with Crippen LogP contribution in [0.25, 0.3) is 0 Å². The van der Waals surface area contributed by atoms with Crippen LogP contribution in [0.1, 0.15) is 34.3 Å². The molecule has 0 aromatic heterocycles. The fraction of sp³-hybridized carbons (Fsp3) is 0.259. The van der Waals surface area contributed by atoms with Crippen molar-refractivity contribution in [2.45, 2.75) is 32.0 Å². The molecule has 0 saturated carbocycles. The molecule has 180 valence electrons. The van der Waals surface area contributed by atoms with E-state index in [9.17, 15) is 18.4 Å².